The van der Waals surface area contributed by atoms with Gasteiger partial charge in [0.05, 0.1) is 27.9 Å². The van der Waals surface area contributed by atoms with Crippen molar-refractivity contribution in [2.45, 2.75) is 78.6 Å². The lowest BCUT2D eigenvalue weighted by Crippen LogP contribution is -2.34. The number of nitrogens with zero attached hydrogens (tertiary/aromatic N) is 5. The maximum atomic E-state index is 13.8. The van der Waals surface area contributed by atoms with E-state index < -0.39 is 0 Å². The molecule has 0 saturated carbocycles. The zero-order valence-electron chi connectivity index (χ0n) is 41.4. The number of carbonyl (C=O) groups is 2. The average molecular weight is 1000 g/mol. The molecule has 12 nitrogen and oxygen atoms in total. The number of H-pyrrole nitrogens is 2. The molecule has 2 aromatic carbocycles. The van der Waals surface area contributed by atoms with Crippen LogP contribution < -0.4 is 16.0 Å². The van der Waals surface area contributed by atoms with Gasteiger partial charge in [-0.15, -0.1) is 0 Å². The first-order chi connectivity index (χ1) is 35.0. The molecule has 72 heavy (non-hydrogen) atoms. The van der Waals surface area contributed by atoms with Gasteiger partial charge in [0.2, 0.25) is 5.91 Å². The fourth-order valence-corrected chi connectivity index (χ4v) is 11.1. The minimum Gasteiger partial charge on any atom is -0.383 e. The highest BCUT2D eigenvalue weighted by molar-refractivity contribution is 6.31. The monoisotopic (exact) mass is 998 g/mol. The number of hydrogen-bond acceptors (Lipinski definition) is 9. The zero-order chi connectivity index (χ0) is 50.0. The molecule has 14 heteroatoms. The topological polar surface area (TPSA) is 157 Å². The number of nitrogens with one attached hydrogen (secondary N) is 5. The van der Waals surface area contributed by atoms with Crippen LogP contribution >= 0.6 is 23.2 Å². The Hall–Kier alpha value is -6.86. The van der Waals surface area contributed by atoms with Crippen molar-refractivity contribution in [3.8, 4) is 0 Å². The fraction of sp³-hybridized carbons (Fsp3) is 0.310. The van der Waals surface area contributed by atoms with Gasteiger partial charge in [-0.25, -0.2) is 4.98 Å². The summed E-state index contributed by atoms with van der Waals surface area (Å²) in [7, 11) is 0. The SMILES string of the molecule is C=Cc1c(C)c2cc3nc(c4c5[nH]c(cc6nc(cc1[nH]2)C(C)=C6CC)c(C)c5C(=O)C4)C(CCC(=O)NCCCCN(CCNc1ccnc2cc(Cl)ccc12)CCNc1ccnc2cc(Cl)ccc12)C3. The van der Waals surface area contributed by atoms with Gasteiger partial charge in [-0.1, -0.05) is 42.8 Å². The van der Waals surface area contributed by atoms with E-state index in [0.717, 1.165) is 163 Å². The van der Waals surface area contributed by atoms with Gasteiger partial charge in [0.15, 0.2) is 5.78 Å². The number of anilines is 2. The summed E-state index contributed by atoms with van der Waals surface area (Å²) in [4.78, 5) is 56.6. The zero-order valence-corrected chi connectivity index (χ0v) is 42.9. The van der Waals surface area contributed by atoms with Crippen LogP contribution in [0.1, 0.15) is 107 Å². The molecule has 368 valence electrons. The predicted octanol–water partition coefficient (Wildman–Crippen LogP) is 12.6. The quantitative estimate of drug-likeness (QED) is 0.0528. The Labute approximate surface area is 429 Å². The highest BCUT2D eigenvalue weighted by atomic mass is 35.5. The number of halogens is 2. The van der Waals surface area contributed by atoms with Gasteiger partial charge in [-0.05, 0) is 148 Å². The lowest BCUT2D eigenvalue weighted by atomic mass is 9.93. The maximum absolute atomic E-state index is 13.8. The Kier molecular flexibility index (Phi) is 14.3. The van der Waals surface area contributed by atoms with Crippen molar-refractivity contribution in [2.75, 3.05) is 49.9 Å². The van der Waals surface area contributed by atoms with Crippen LogP contribution in [0.3, 0.4) is 0 Å². The molecule has 7 aromatic rings. The number of Topliss-reactive ketones (excluding diaryl/α,β-unsaturated/α-hetero) is 1. The van der Waals surface area contributed by atoms with Crippen molar-refractivity contribution in [1.29, 1.82) is 0 Å². The third-order valence-corrected chi connectivity index (χ3v) is 15.1. The number of hydrogen-bond donors (Lipinski definition) is 5. The summed E-state index contributed by atoms with van der Waals surface area (Å²) in [5.74, 6) is 0.0835. The molecule has 0 spiro atoms. The molecule has 1 atom stereocenters. The van der Waals surface area contributed by atoms with E-state index in [1.165, 1.54) is 5.57 Å². The first kappa shape index (κ1) is 48.8. The number of carbonyl (C=O) groups excluding carboxylic acids is 2. The van der Waals surface area contributed by atoms with Gasteiger partial charge in [0, 0.05) is 141 Å². The molecule has 10 rings (SSSR count). The summed E-state index contributed by atoms with van der Waals surface area (Å²) in [6.45, 7) is 17.1. The van der Waals surface area contributed by atoms with E-state index >= 15 is 0 Å². The summed E-state index contributed by atoms with van der Waals surface area (Å²) in [5, 5.41) is 13.9. The summed E-state index contributed by atoms with van der Waals surface area (Å²) >= 11 is 12.5. The summed E-state index contributed by atoms with van der Waals surface area (Å²) < 4.78 is 0. The molecule has 0 saturated heterocycles. The molecule has 2 aliphatic heterocycles. The van der Waals surface area contributed by atoms with Crippen molar-refractivity contribution >= 4 is 107 Å². The molecule has 5 aromatic heterocycles. The Morgan fingerprint density at radius 2 is 1.46 bits per heavy atom. The smallest absolute Gasteiger partial charge is 0.220 e. The average Bonchev–Trinajstić information content (AvgIpc) is 4.15. The summed E-state index contributed by atoms with van der Waals surface area (Å²) in [5.41, 5.74) is 18.1. The van der Waals surface area contributed by atoms with E-state index in [-0.39, 0.29) is 24.0 Å². The molecule has 0 radical (unpaired) electrons. The highest BCUT2D eigenvalue weighted by Gasteiger charge is 2.32. The molecule has 1 amide bonds. The van der Waals surface area contributed by atoms with Crippen molar-refractivity contribution in [3.63, 3.8) is 0 Å². The molecule has 8 bridgehead atoms. The van der Waals surface area contributed by atoms with Gasteiger partial charge in [-0.2, -0.15) is 0 Å². The van der Waals surface area contributed by atoms with Crippen molar-refractivity contribution in [1.82, 2.24) is 40.1 Å². The maximum Gasteiger partial charge on any atom is 0.220 e. The number of ketones is 1. The van der Waals surface area contributed by atoms with Crippen LogP contribution in [0.4, 0.5) is 11.4 Å². The van der Waals surface area contributed by atoms with Gasteiger partial charge in [0.1, 0.15) is 0 Å². The van der Waals surface area contributed by atoms with Crippen LogP contribution in [0, 0.1) is 13.8 Å². The van der Waals surface area contributed by atoms with Crippen LogP contribution in [0.5, 0.6) is 0 Å². The Morgan fingerprint density at radius 3 is 2.12 bits per heavy atom. The lowest BCUT2D eigenvalue weighted by Gasteiger charge is -2.24. The number of unbranched alkanes of at least 4 members (excludes halogenated alkanes) is 1. The van der Waals surface area contributed by atoms with E-state index in [1.54, 1.807) is 12.4 Å². The second-order valence-electron chi connectivity index (χ2n) is 19.2. The third kappa shape index (κ3) is 10.0. The number of allylic oxidation sites excluding steroid dienone is 2. The minimum absolute atomic E-state index is 0.0207. The second kappa shape index (κ2) is 21.1. The Morgan fingerprint density at radius 1 is 0.792 bits per heavy atom. The number of aryl methyl sites for hydroxylation is 2. The van der Waals surface area contributed by atoms with E-state index in [9.17, 15) is 9.59 Å². The number of amides is 1. The molecule has 1 unspecified atom stereocenters. The number of aromatic amines is 2. The van der Waals surface area contributed by atoms with Crippen LogP contribution in [0.25, 0.3) is 61.1 Å². The second-order valence-corrected chi connectivity index (χ2v) is 20.1. The van der Waals surface area contributed by atoms with Crippen LogP contribution in [-0.2, 0) is 17.6 Å². The minimum atomic E-state index is -0.0301. The van der Waals surface area contributed by atoms with E-state index in [0.29, 0.717) is 35.9 Å². The van der Waals surface area contributed by atoms with Crippen LogP contribution in [0.15, 0.2) is 85.7 Å². The molecule has 3 aliphatic rings. The van der Waals surface area contributed by atoms with Crippen molar-refractivity contribution in [3.05, 3.63) is 146 Å². The highest BCUT2D eigenvalue weighted by Crippen LogP contribution is 2.40. The Bertz CT molecular complexity index is 3410. The molecule has 0 fully saturated rings. The van der Waals surface area contributed by atoms with Gasteiger partial charge in [-0.3, -0.25) is 29.4 Å². The van der Waals surface area contributed by atoms with Crippen molar-refractivity contribution in [2.24, 2.45) is 0 Å². The predicted molar refractivity (Wildman–Crippen MR) is 296 cm³/mol. The van der Waals surface area contributed by atoms with E-state index in [4.69, 9.17) is 33.2 Å². The van der Waals surface area contributed by atoms with E-state index in [2.05, 4.69) is 86.3 Å². The number of benzene rings is 2. The van der Waals surface area contributed by atoms with Crippen LogP contribution in [-0.4, -0.2) is 85.8 Å². The normalized spacial score (nSPS) is 14.3. The number of pyridine rings is 2. The standard InChI is InChI=1S/C58H60Cl2N10O2/c1-6-40-33(3)47-29-39-26-36(57(66-39)44-30-54(71)56-35(5)49(69-58(44)56)32-53-41(7-2)34(4)48(68-53)31-52(40)67-47)10-15-55(72)65-18-8-9-23-70(24-21-63-45-16-19-61-50-27-37(59)11-13-42(45)50)25-22-64-46-17-20-62-51-28-38(60)12-14-43(46)51/h6,11-14,16-17,19-20,27-29,31-32,36,67,69H,1,7-10,15,18,21-26,30H2,2-5H3,(H,61,63)(H,62,64)(H,65,72). The first-order valence-electron chi connectivity index (χ1n) is 25.1. The molecule has 1 aliphatic carbocycles. The number of rotatable bonds is 18. The third-order valence-electron chi connectivity index (χ3n) is 14.6. The van der Waals surface area contributed by atoms with Gasteiger partial charge in [0.25, 0.3) is 0 Å². The first-order valence-corrected chi connectivity index (χ1v) is 25.9. The van der Waals surface area contributed by atoms with Gasteiger partial charge >= 0.3 is 0 Å². The Balaban J connectivity index is 0.816. The largest absolute Gasteiger partial charge is 0.383 e. The van der Waals surface area contributed by atoms with E-state index in [1.807, 2.05) is 61.5 Å². The molecular formula is C58H60Cl2N10O2. The molecular weight excluding hydrogens is 940 g/mol. The number of aromatic nitrogens is 6. The summed E-state index contributed by atoms with van der Waals surface area (Å²) in [6, 6.07) is 21.9. The molecule has 5 N–H and O–H groups in total. The number of fused-ring (bicyclic) bond motifs is 10. The lowest BCUT2D eigenvalue weighted by molar-refractivity contribution is -0.121. The summed E-state index contributed by atoms with van der Waals surface area (Å²) in [6.07, 6.45) is 10.0. The molecule has 7 heterocycles. The fourth-order valence-electron chi connectivity index (χ4n) is 10.8. The van der Waals surface area contributed by atoms with Gasteiger partial charge < -0.3 is 25.9 Å². The van der Waals surface area contributed by atoms with Crippen LogP contribution in [0.2, 0.25) is 10.0 Å². The van der Waals surface area contributed by atoms with Crippen molar-refractivity contribution < 1.29 is 9.59 Å².